The second kappa shape index (κ2) is 12.8. The summed E-state index contributed by atoms with van der Waals surface area (Å²) in [5, 5.41) is 5.03. The summed E-state index contributed by atoms with van der Waals surface area (Å²) in [4.78, 5) is 2.41. The molecule has 0 unspecified atom stereocenters. The molecule has 1 nitrogen and oxygen atoms in total. The minimum absolute atomic E-state index is 0.170. The molecule has 0 bridgehead atoms. The van der Waals surface area contributed by atoms with Crippen LogP contribution in [0.4, 0.5) is 17.1 Å². The lowest BCUT2D eigenvalue weighted by molar-refractivity contribution is 0.660. The predicted octanol–water partition coefficient (Wildman–Crippen LogP) is 14.8. The van der Waals surface area contributed by atoms with Gasteiger partial charge in [0.25, 0.3) is 0 Å². The van der Waals surface area contributed by atoms with Gasteiger partial charge >= 0.3 is 0 Å². The zero-order valence-corrected chi connectivity index (χ0v) is 30.5. The second-order valence-electron chi connectivity index (χ2n) is 15.0. The summed E-state index contributed by atoms with van der Waals surface area (Å²) in [6, 6.07) is 73.4. The molecule has 10 rings (SSSR count). The Hall–Kier alpha value is -6.70. The quantitative estimate of drug-likeness (QED) is 0.168. The van der Waals surface area contributed by atoms with Crippen LogP contribution in [0.15, 0.2) is 200 Å². The maximum Gasteiger partial charge on any atom is 0.0467 e. The highest BCUT2D eigenvalue weighted by Gasteiger charge is 2.37. The maximum absolute atomic E-state index is 2.43. The molecule has 54 heavy (non-hydrogen) atoms. The Labute approximate surface area is 317 Å². The third-order valence-corrected chi connectivity index (χ3v) is 11.4. The molecule has 1 aliphatic carbocycles. The number of benzene rings is 9. The highest BCUT2D eigenvalue weighted by atomic mass is 15.1. The van der Waals surface area contributed by atoms with Gasteiger partial charge in [0.1, 0.15) is 0 Å². The van der Waals surface area contributed by atoms with Gasteiger partial charge in [-0.05, 0) is 132 Å². The molecule has 0 saturated heterocycles. The zero-order valence-electron chi connectivity index (χ0n) is 30.5. The lowest BCUT2D eigenvalue weighted by Gasteiger charge is -2.28. The summed E-state index contributed by atoms with van der Waals surface area (Å²) in [5.74, 6) is 0. The van der Waals surface area contributed by atoms with Crippen molar-refractivity contribution in [2.45, 2.75) is 19.3 Å². The van der Waals surface area contributed by atoms with Crippen molar-refractivity contribution in [3.63, 3.8) is 0 Å². The minimum atomic E-state index is -0.170. The van der Waals surface area contributed by atoms with Gasteiger partial charge < -0.3 is 4.90 Å². The molecule has 1 heteroatoms. The minimum Gasteiger partial charge on any atom is -0.310 e. The van der Waals surface area contributed by atoms with E-state index in [1.54, 1.807) is 0 Å². The van der Waals surface area contributed by atoms with Crippen molar-refractivity contribution < 1.29 is 0 Å². The third kappa shape index (κ3) is 5.32. The molecule has 1 aliphatic rings. The standard InChI is InChI=1S/C53H39N/c1-53(2)50-26-14-25-47(41-28-27-36-15-9-10-18-38(36)31-41)52(50)48-30-29-45(35-51(48)53)54(43-21-7-4-8-22-43)44-23-13-20-39(33-44)42-32-40-19-11-12-24-46(40)49(34-42)37-16-5-3-6-17-37/h3-35H,1-2H3. The fraction of sp³-hybridized carbons (Fsp3) is 0.0566. The Bertz CT molecular complexity index is 2850. The van der Waals surface area contributed by atoms with Crippen LogP contribution in [0.2, 0.25) is 0 Å². The summed E-state index contributed by atoms with van der Waals surface area (Å²) in [6.45, 7) is 4.76. The molecule has 0 atom stereocenters. The molecular weight excluding hydrogens is 651 g/mol. The molecule has 0 amide bonds. The van der Waals surface area contributed by atoms with Crippen LogP contribution in [0, 0.1) is 0 Å². The Morgan fingerprint density at radius 3 is 1.81 bits per heavy atom. The molecule has 9 aromatic rings. The van der Waals surface area contributed by atoms with Crippen LogP contribution in [0.5, 0.6) is 0 Å². The van der Waals surface area contributed by atoms with Crippen molar-refractivity contribution in [1.82, 2.24) is 0 Å². The number of nitrogens with zero attached hydrogens (tertiary/aromatic N) is 1. The summed E-state index contributed by atoms with van der Waals surface area (Å²) in [6.07, 6.45) is 0. The Balaban J connectivity index is 1.11. The number of hydrogen-bond acceptors (Lipinski definition) is 1. The smallest absolute Gasteiger partial charge is 0.0467 e. The Morgan fingerprint density at radius 1 is 0.333 bits per heavy atom. The van der Waals surface area contributed by atoms with Gasteiger partial charge in [-0.3, -0.25) is 0 Å². The topological polar surface area (TPSA) is 3.24 Å². The van der Waals surface area contributed by atoms with Gasteiger partial charge in [-0.15, -0.1) is 0 Å². The summed E-state index contributed by atoms with van der Waals surface area (Å²) in [5.41, 5.74) is 16.0. The molecule has 0 N–H and O–H groups in total. The van der Waals surface area contributed by atoms with Gasteiger partial charge in [0.05, 0.1) is 0 Å². The number of fused-ring (bicyclic) bond motifs is 5. The number of anilines is 3. The van der Waals surface area contributed by atoms with Crippen molar-refractivity contribution in [1.29, 1.82) is 0 Å². The third-order valence-electron chi connectivity index (χ3n) is 11.4. The average Bonchev–Trinajstić information content (AvgIpc) is 3.46. The van der Waals surface area contributed by atoms with Crippen LogP contribution >= 0.6 is 0 Å². The van der Waals surface area contributed by atoms with E-state index < -0.39 is 0 Å². The largest absolute Gasteiger partial charge is 0.310 e. The Kier molecular flexibility index (Phi) is 7.56. The van der Waals surface area contributed by atoms with E-state index in [9.17, 15) is 0 Å². The zero-order chi connectivity index (χ0) is 36.2. The maximum atomic E-state index is 2.43. The normalized spacial score (nSPS) is 12.8. The molecule has 0 radical (unpaired) electrons. The van der Waals surface area contributed by atoms with Crippen molar-refractivity contribution in [2.24, 2.45) is 0 Å². The lowest BCUT2D eigenvalue weighted by Crippen LogP contribution is -2.16. The first-order valence-corrected chi connectivity index (χ1v) is 18.8. The van der Waals surface area contributed by atoms with E-state index in [0.717, 1.165) is 17.1 Å². The van der Waals surface area contributed by atoms with Crippen LogP contribution in [0.3, 0.4) is 0 Å². The second-order valence-corrected chi connectivity index (χ2v) is 15.0. The van der Waals surface area contributed by atoms with E-state index in [2.05, 4.69) is 219 Å². The summed E-state index contributed by atoms with van der Waals surface area (Å²) >= 11 is 0. The van der Waals surface area contributed by atoms with Gasteiger partial charge in [0.15, 0.2) is 0 Å². The van der Waals surface area contributed by atoms with E-state index in [1.807, 2.05) is 0 Å². The van der Waals surface area contributed by atoms with Crippen molar-refractivity contribution in [2.75, 3.05) is 4.90 Å². The number of para-hydroxylation sites is 1. The molecule has 256 valence electrons. The van der Waals surface area contributed by atoms with Crippen molar-refractivity contribution >= 4 is 38.6 Å². The summed E-state index contributed by atoms with van der Waals surface area (Å²) < 4.78 is 0. The molecule has 9 aromatic carbocycles. The first kappa shape index (κ1) is 32.0. The van der Waals surface area contributed by atoms with E-state index in [0.29, 0.717) is 0 Å². The van der Waals surface area contributed by atoms with Crippen LogP contribution < -0.4 is 4.90 Å². The van der Waals surface area contributed by atoms with Crippen LogP contribution in [0.1, 0.15) is 25.0 Å². The van der Waals surface area contributed by atoms with E-state index >= 15 is 0 Å². The van der Waals surface area contributed by atoms with E-state index in [1.165, 1.54) is 77.2 Å². The van der Waals surface area contributed by atoms with Gasteiger partial charge in [-0.25, -0.2) is 0 Å². The fourth-order valence-corrected chi connectivity index (χ4v) is 8.69. The molecule has 0 fully saturated rings. The SMILES string of the molecule is CC1(C)c2cc(N(c3ccccc3)c3cccc(-c4cc(-c5ccccc5)c5ccccc5c4)c3)ccc2-c2c(-c3ccc4ccccc4c3)cccc21. The lowest BCUT2D eigenvalue weighted by atomic mass is 9.81. The average molecular weight is 690 g/mol. The highest BCUT2D eigenvalue weighted by Crippen LogP contribution is 2.54. The molecular formula is C53H39N. The molecule has 0 aromatic heterocycles. The molecule has 0 saturated carbocycles. The summed E-state index contributed by atoms with van der Waals surface area (Å²) in [7, 11) is 0. The predicted molar refractivity (Wildman–Crippen MR) is 230 cm³/mol. The monoisotopic (exact) mass is 689 g/mol. The first-order chi connectivity index (χ1) is 26.5. The first-order valence-electron chi connectivity index (χ1n) is 18.8. The van der Waals surface area contributed by atoms with Gasteiger partial charge in [0, 0.05) is 22.5 Å². The highest BCUT2D eigenvalue weighted by molar-refractivity contribution is 6.01. The van der Waals surface area contributed by atoms with Gasteiger partial charge in [0.2, 0.25) is 0 Å². The van der Waals surface area contributed by atoms with Gasteiger partial charge in [-0.1, -0.05) is 159 Å². The molecule has 0 aliphatic heterocycles. The van der Waals surface area contributed by atoms with Crippen LogP contribution in [-0.2, 0) is 5.41 Å². The molecule has 0 spiro atoms. The van der Waals surface area contributed by atoms with Gasteiger partial charge in [-0.2, -0.15) is 0 Å². The van der Waals surface area contributed by atoms with E-state index in [-0.39, 0.29) is 5.41 Å². The van der Waals surface area contributed by atoms with E-state index in [4.69, 9.17) is 0 Å². The number of hydrogen-bond donors (Lipinski definition) is 0. The van der Waals surface area contributed by atoms with Crippen molar-refractivity contribution in [3.8, 4) is 44.5 Å². The fourth-order valence-electron chi connectivity index (χ4n) is 8.69. The van der Waals surface area contributed by atoms with Crippen molar-refractivity contribution in [3.05, 3.63) is 211 Å². The van der Waals surface area contributed by atoms with Crippen LogP contribution in [-0.4, -0.2) is 0 Å². The van der Waals surface area contributed by atoms with Crippen LogP contribution in [0.25, 0.3) is 66.1 Å². The molecule has 0 heterocycles. The number of rotatable bonds is 6. The Morgan fingerprint density at radius 2 is 0.981 bits per heavy atom.